The van der Waals surface area contributed by atoms with Gasteiger partial charge < -0.3 is 14.5 Å². The summed E-state index contributed by atoms with van der Waals surface area (Å²) in [7, 11) is 0. The van der Waals surface area contributed by atoms with Gasteiger partial charge >= 0.3 is 0 Å². The molecule has 1 aliphatic heterocycles. The highest BCUT2D eigenvalue weighted by atomic mass is 19.1. The normalized spacial score (nSPS) is 37.4. The minimum atomic E-state index is -1.04. The molecule has 0 radical (unpaired) electrons. The summed E-state index contributed by atoms with van der Waals surface area (Å²) >= 11 is 0. The van der Waals surface area contributed by atoms with Crippen LogP contribution in [-0.2, 0) is 16.1 Å². The molecular formula is C20H28FN3O3. The number of nitrogens with zero attached hydrogens (tertiary/aromatic N) is 2. The van der Waals surface area contributed by atoms with E-state index in [0.29, 0.717) is 51.3 Å². The first-order valence-corrected chi connectivity index (χ1v) is 10.2. The van der Waals surface area contributed by atoms with Crippen molar-refractivity contribution in [2.75, 3.05) is 13.2 Å². The fourth-order valence-corrected chi connectivity index (χ4v) is 5.61. The molecule has 0 aromatic carbocycles. The van der Waals surface area contributed by atoms with Crippen LogP contribution in [0.5, 0.6) is 0 Å². The Morgan fingerprint density at radius 2 is 2.11 bits per heavy atom. The molecular weight excluding hydrogens is 349 g/mol. The monoisotopic (exact) mass is 377 g/mol. The maximum atomic E-state index is 14.4. The number of oxazole rings is 1. The van der Waals surface area contributed by atoms with E-state index < -0.39 is 5.67 Å². The Kier molecular flexibility index (Phi) is 4.09. The van der Waals surface area contributed by atoms with Crippen LogP contribution in [0.4, 0.5) is 4.39 Å². The van der Waals surface area contributed by atoms with Crippen LogP contribution in [0.2, 0.25) is 0 Å². The maximum Gasteiger partial charge on any atom is 0.223 e. The Balaban J connectivity index is 1.20. The molecule has 27 heavy (non-hydrogen) atoms. The van der Waals surface area contributed by atoms with Gasteiger partial charge in [0.25, 0.3) is 0 Å². The number of hydrogen-bond acceptors (Lipinski definition) is 5. The molecule has 4 fully saturated rings. The molecule has 1 spiro atoms. The summed E-state index contributed by atoms with van der Waals surface area (Å²) in [5.41, 5.74) is -1.28. The third-order valence-electron chi connectivity index (χ3n) is 7.35. The molecule has 1 amide bonds. The summed E-state index contributed by atoms with van der Waals surface area (Å²) in [4.78, 5) is 19.3. The number of halogens is 1. The third-order valence-corrected chi connectivity index (χ3v) is 7.35. The smallest absolute Gasteiger partial charge is 0.223 e. The molecule has 1 saturated heterocycles. The molecule has 4 aliphatic rings. The zero-order chi connectivity index (χ0) is 18.5. The zero-order valence-corrected chi connectivity index (χ0v) is 15.7. The molecule has 7 heteroatoms. The first-order valence-electron chi connectivity index (χ1n) is 10.2. The van der Waals surface area contributed by atoms with Crippen molar-refractivity contribution in [2.45, 2.75) is 87.2 Å². The lowest BCUT2D eigenvalue weighted by Crippen LogP contribution is -2.63. The van der Waals surface area contributed by atoms with Crippen molar-refractivity contribution >= 4 is 5.91 Å². The molecule has 1 aromatic rings. The summed E-state index contributed by atoms with van der Waals surface area (Å²) in [6, 6.07) is 0. The molecule has 6 nitrogen and oxygen atoms in total. The largest absolute Gasteiger partial charge is 0.448 e. The van der Waals surface area contributed by atoms with Gasteiger partial charge in [-0.1, -0.05) is 0 Å². The number of rotatable bonds is 5. The summed E-state index contributed by atoms with van der Waals surface area (Å²) in [6.45, 7) is 2.02. The Hall–Kier alpha value is -1.47. The lowest BCUT2D eigenvalue weighted by atomic mass is 9.74. The minimum absolute atomic E-state index is 0.00761. The Labute approximate surface area is 158 Å². The number of fused-ring (bicyclic) bond motifs is 2. The van der Waals surface area contributed by atoms with Crippen molar-refractivity contribution < 1.29 is 18.3 Å². The van der Waals surface area contributed by atoms with E-state index in [1.807, 2.05) is 0 Å². The van der Waals surface area contributed by atoms with E-state index in [9.17, 15) is 9.18 Å². The number of hydrogen-bond donors (Lipinski definition) is 1. The van der Waals surface area contributed by atoms with Crippen LogP contribution in [-0.4, -0.2) is 51.8 Å². The Morgan fingerprint density at radius 1 is 1.30 bits per heavy atom. The number of carbonyl (C=O) groups excluding carboxylic acids is 1. The summed E-state index contributed by atoms with van der Waals surface area (Å²) < 4.78 is 25.9. The summed E-state index contributed by atoms with van der Waals surface area (Å²) in [5, 5.41) is 3.16. The number of aromatic nitrogens is 1. The van der Waals surface area contributed by atoms with Crippen LogP contribution >= 0.6 is 0 Å². The van der Waals surface area contributed by atoms with Gasteiger partial charge in [0.05, 0.1) is 31.9 Å². The quantitative estimate of drug-likeness (QED) is 0.855. The summed E-state index contributed by atoms with van der Waals surface area (Å²) in [6.07, 6.45) is 10.1. The maximum absolute atomic E-state index is 14.4. The van der Waals surface area contributed by atoms with E-state index >= 15 is 0 Å². The van der Waals surface area contributed by atoms with E-state index in [1.165, 1.54) is 6.42 Å². The minimum Gasteiger partial charge on any atom is -0.448 e. The van der Waals surface area contributed by atoms with Gasteiger partial charge in [-0.3, -0.25) is 9.69 Å². The number of nitrogens with one attached hydrogen (secondary N) is 1. The molecule has 5 rings (SSSR count). The second-order valence-electron chi connectivity index (χ2n) is 9.18. The highest BCUT2D eigenvalue weighted by molar-refractivity contribution is 5.77. The second kappa shape index (κ2) is 6.27. The average Bonchev–Trinajstić information content (AvgIpc) is 3.28. The number of ether oxygens (including phenoxy) is 1. The van der Waals surface area contributed by atoms with Crippen molar-refractivity contribution in [1.82, 2.24) is 15.2 Å². The van der Waals surface area contributed by atoms with Crippen LogP contribution in [0.1, 0.15) is 63.7 Å². The standard InChI is InChI=1S/C20H28FN3O3/c21-18-4-6-19(13-18,7-5-18)23-16(25)10-15-11-24(12-17-22-8-9-26-17)20(14-27-15)2-1-3-20/h8-9,15H,1-7,10-14H2,(H,23,25). The molecule has 1 N–H and O–H groups in total. The SMILES string of the molecule is O=C(CC1CN(Cc2ncco2)C2(CCC2)CO1)NC12CCC(F)(CC1)C2. The predicted molar refractivity (Wildman–Crippen MR) is 95.6 cm³/mol. The van der Waals surface area contributed by atoms with Crippen LogP contribution in [0.15, 0.2) is 16.9 Å². The highest BCUT2D eigenvalue weighted by Gasteiger charge is 2.55. The average molecular weight is 377 g/mol. The predicted octanol–water partition coefficient (Wildman–Crippen LogP) is 2.73. The number of morpholine rings is 1. The van der Waals surface area contributed by atoms with Crippen molar-refractivity contribution in [3.63, 3.8) is 0 Å². The Bertz CT molecular complexity index is 695. The van der Waals surface area contributed by atoms with Gasteiger partial charge in [-0.05, 0) is 44.9 Å². The molecule has 1 unspecified atom stereocenters. The first kappa shape index (κ1) is 17.6. The van der Waals surface area contributed by atoms with Gasteiger partial charge in [0.1, 0.15) is 11.9 Å². The third kappa shape index (κ3) is 3.18. The van der Waals surface area contributed by atoms with Crippen LogP contribution in [0.3, 0.4) is 0 Å². The lowest BCUT2D eigenvalue weighted by molar-refractivity contribution is -0.156. The van der Waals surface area contributed by atoms with Crippen molar-refractivity contribution in [2.24, 2.45) is 0 Å². The van der Waals surface area contributed by atoms with Crippen LogP contribution < -0.4 is 5.32 Å². The topological polar surface area (TPSA) is 67.6 Å². The molecule has 3 saturated carbocycles. The highest BCUT2D eigenvalue weighted by Crippen LogP contribution is 2.52. The van der Waals surface area contributed by atoms with Gasteiger partial charge in [-0.25, -0.2) is 9.37 Å². The fourth-order valence-electron chi connectivity index (χ4n) is 5.61. The number of amides is 1. The van der Waals surface area contributed by atoms with E-state index in [1.54, 1.807) is 12.5 Å². The molecule has 1 aromatic heterocycles. The molecule has 2 bridgehead atoms. The van der Waals surface area contributed by atoms with Crippen LogP contribution in [0.25, 0.3) is 0 Å². The van der Waals surface area contributed by atoms with Gasteiger partial charge in [0.2, 0.25) is 11.8 Å². The second-order valence-corrected chi connectivity index (χ2v) is 9.18. The fraction of sp³-hybridized carbons (Fsp3) is 0.800. The van der Waals surface area contributed by atoms with Crippen molar-refractivity contribution in [3.05, 3.63) is 18.4 Å². The Morgan fingerprint density at radius 3 is 2.70 bits per heavy atom. The van der Waals surface area contributed by atoms with Crippen molar-refractivity contribution in [3.8, 4) is 0 Å². The van der Waals surface area contributed by atoms with Gasteiger partial charge in [0, 0.05) is 24.0 Å². The molecule has 3 aliphatic carbocycles. The lowest BCUT2D eigenvalue weighted by Gasteiger charge is -2.54. The van der Waals surface area contributed by atoms with Gasteiger partial charge in [-0.2, -0.15) is 0 Å². The number of carbonyl (C=O) groups is 1. The van der Waals surface area contributed by atoms with Gasteiger partial charge in [0.15, 0.2) is 0 Å². The number of alkyl halides is 1. The molecule has 2 heterocycles. The van der Waals surface area contributed by atoms with E-state index in [-0.39, 0.29) is 23.1 Å². The van der Waals surface area contributed by atoms with E-state index in [2.05, 4.69) is 15.2 Å². The summed E-state index contributed by atoms with van der Waals surface area (Å²) in [5.74, 6) is 0.702. The molecule has 1 atom stereocenters. The first-order chi connectivity index (χ1) is 13.0. The zero-order valence-electron chi connectivity index (χ0n) is 15.7. The van der Waals surface area contributed by atoms with Crippen LogP contribution in [0, 0.1) is 0 Å². The molecule has 148 valence electrons. The van der Waals surface area contributed by atoms with E-state index in [4.69, 9.17) is 9.15 Å². The van der Waals surface area contributed by atoms with Crippen molar-refractivity contribution in [1.29, 1.82) is 0 Å². The van der Waals surface area contributed by atoms with Gasteiger partial charge in [-0.15, -0.1) is 0 Å². The van der Waals surface area contributed by atoms with E-state index in [0.717, 1.165) is 25.7 Å².